The number of carbonyl (C=O) groups is 1. The maximum Gasteiger partial charge on any atom is 1.00 e. The van der Waals surface area contributed by atoms with Gasteiger partial charge in [0.05, 0.1) is 64.3 Å². The molecule has 2 aliphatic rings. The number of phenolic OH excluding ortho intramolecular Hbond substituents is 1. The second-order valence-electron chi connectivity index (χ2n) is 34.5. The summed E-state index contributed by atoms with van der Waals surface area (Å²) in [6.45, 7) is 36.5. The molecule has 15 rings (SSSR count). The summed E-state index contributed by atoms with van der Waals surface area (Å²) in [6.07, 6.45) is 20.4. The Kier molecular flexibility index (Phi) is 55.2. The number of nitrogens with one attached hydrogen (secondary N) is 1. The van der Waals surface area contributed by atoms with Gasteiger partial charge in [-0.3, -0.25) is 4.79 Å². The number of thiol groups is 1. The number of H-pyrrole nitrogens is 1. The van der Waals surface area contributed by atoms with Gasteiger partial charge in [0.25, 0.3) is 6.47 Å². The largest absolute Gasteiger partial charge is 1.00 e. The van der Waals surface area contributed by atoms with Crippen molar-refractivity contribution in [3.63, 3.8) is 0 Å². The van der Waals surface area contributed by atoms with Crippen LogP contribution in [-0.4, -0.2) is 94.9 Å². The second kappa shape index (κ2) is 61.5. The fourth-order valence-electron chi connectivity index (χ4n) is 14.8. The number of ether oxygens (including phenoxy) is 3. The maximum absolute atomic E-state index is 8.74. The molecule has 13 aromatic rings. The molecule has 10 aromatic carbocycles. The van der Waals surface area contributed by atoms with Crippen molar-refractivity contribution < 1.29 is 157 Å². The molecular weight excluding hydrogens is 2040 g/mol. The monoisotopic (exact) mass is 2170 g/mol. The summed E-state index contributed by atoms with van der Waals surface area (Å²) in [5, 5.41) is 26.0. The maximum atomic E-state index is 8.74. The van der Waals surface area contributed by atoms with Crippen molar-refractivity contribution in [2.24, 2.45) is 28.0 Å². The summed E-state index contributed by atoms with van der Waals surface area (Å²) >= 11 is 20.6. The van der Waals surface area contributed by atoms with E-state index in [-0.39, 0.29) is 133 Å². The normalized spacial score (nSPS) is 14.3. The first-order valence-electron chi connectivity index (χ1n) is 45.6. The van der Waals surface area contributed by atoms with E-state index < -0.39 is 14.0 Å². The predicted molar refractivity (Wildman–Crippen MR) is 564 cm³/mol. The molecule has 2 N–H and O–H groups in total. The zero-order chi connectivity index (χ0) is 94.1. The van der Waals surface area contributed by atoms with Crippen LogP contribution >= 0.6 is 92.5 Å². The number of alkyl halides is 1. The molecule has 0 aliphatic carbocycles. The first-order chi connectivity index (χ1) is 62.0. The number of aromatic nitrogens is 3. The molecule has 4 atom stereocenters. The van der Waals surface area contributed by atoms with Gasteiger partial charge in [0, 0.05) is 77.9 Å². The van der Waals surface area contributed by atoms with Crippen LogP contribution < -0.4 is 122 Å². The van der Waals surface area contributed by atoms with Crippen LogP contribution in [0.25, 0.3) is 76.8 Å². The van der Waals surface area contributed by atoms with E-state index >= 15 is 0 Å². The number of hydrogen-bond acceptors (Lipinski definition) is 13. The van der Waals surface area contributed by atoms with Crippen molar-refractivity contribution in [3.8, 4) is 34.4 Å². The Morgan fingerprint density at radius 2 is 0.695 bits per heavy atom. The van der Waals surface area contributed by atoms with E-state index in [4.69, 9.17) is 48.0 Å². The van der Waals surface area contributed by atoms with Crippen LogP contribution in [0.1, 0.15) is 215 Å². The number of halogens is 5. The Bertz CT molecular complexity index is 5200. The first kappa shape index (κ1) is 118. The van der Waals surface area contributed by atoms with E-state index in [2.05, 4.69) is 361 Å². The van der Waals surface area contributed by atoms with E-state index in [9.17, 15) is 0 Å². The SMILES string of the molecule is CC1(C)OB(B2OC(C)(C)C(C)(C)O2)OC1(C)C.CCCCC(CC)CBr.CCCCC(CC)COc1ccc(-n2c3ccc(Br)cc3c3cc(Br)ccc32)cc1.CCCCC(CC)COc1ccc(-n2c3ccccc3c3ccccc32)cc1.CCCCC(CC)COc1ccc(Br)cc1.O=CO[O-].Oc1ccc(Br)cc1.[B]=NS.[H-].[K+].[K+].c1ccc2c(c1)[nH]c1ccccc12. The van der Waals surface area contributed by atoms with Crippen LogP contribution in [0.3, 0.4) is 0 Å². The first-order valence-corrected chi connectivity index (χ1v) is 50.3. The van der Waals surface area contributed by atoms with Gasteiger partial charge >= 0.3 is 142 Å². The summed E-state index contributed by atoms with van der Waals surface area (Å²) < 4.78 is 53.5. The smallest absolute Gasteiger partial charge is 1.00 e. The molecule has 15 nitrogen and oxygen atoms in total. The molecular formula is C105H135B3Br5K2N4O11S. The molecule has 2 fully saturated rings. The van der Waals surface area contributed by atoms with E-state index in [1.165, 1.54) is 179 Å². The Balaban J connectivity index is 0.000000330. The van der Waals surface area contributed by atoms with Gasteiger partial charge in [-0.1, -0.05) is 285 Å². The zero-order valence-corrected chi connectivity index (χ0v) is 95.5. The van der Waals surface area contributed by atoms with Gasteiger partial charge in [0.1, 0.15) is 23.0 Å². The third kappa shape index (κ3) is 36.7. The minimum atomic E-state index is -0.476. The summed E-state index contributed by atoms with van der Waals surface area (Å²) in [5.41, 5.74) is 8.17. The van der Waals surface area contributed by atoms with Crippen molar-refractivity contribution >= 4 is 186 Å². The van der Waals surface area contributed by atoms with Crippen LogP contribution in [-0.2, 0) is 28.3 Å². The van der Waals surface area contributed by atoms with Gasteiger partial charge in [0.15, 0.2) is 0 Å². The van der Waals surface area contributed by atoms with E-state index in [0.29, 0.717) is 23.5 Å². The Morgan fingerprint density at radius 1 is 0.427 bits per heavy atom. The molecule has 0 saturated carbocycles. The van der Waals surface area contributed by atoms with Crippen molar-refractivity contribution in [2.45, 2.75) is 236 Å². The van der Waals surface area contributed by atoms with E-state index in [1.54, 1.807) is 24.3 Å². The molecule has 1 radical (unpaired) electrons. The molecule has 2 aliphatic heterocycles. The van der Waals surface area contributed by atoms with E-state index in [1.807, 2.05) is 79.7 Å². The number of carbonyl (C=O) groups excluding carboxylic acids is 1. The second-order valence-corrected chi connectivity index (χ2v) is 39.0. The van der Waals surface area contributed by atoms with Crippen molar-refractivity contribution in [2.75, 3.05) is 25.2 Å². The van der Waals surface area contributed by atoms with Crippen LogP contribution in [0.5, 0.6) is 23.0 Å². The summed E-state index contributed by atoms with van der Waals surface area (Å²) in [5.74, 6) is 6.08. The van der Waals surface area contributed by atoms with Gasteiger partial charge < -0.3 is 63.6 Å². The fourth-order valence-corrected chi connectivity index (χ4v) is 16.9. The number of rotatable bonds is 30. The molecule has 131 heavy (non-hydrogen) atoms. The zero-order valence-electron chi connectivity index (χ0n) is 81.4. The van der Waals surface area contributed by atoms with Gasteiger partial charge in [-0.2, -0.15) is 0 Å². The Labute approximate surface area is 917 Å². The predicted octanol–water partition coefficient (Wildman–Crippen LogP) is 25.4. The third-order valence-corrected chi connectivity index (χ3v) is 27.1. The standard InChI is InChI=1S/C26H27Br2NO.C26H29NO.C14H21BrO.C12H24B2O4.C12H9N.C8H17Br.C6H5BrO.CH2O3.BHNS.2K.H/c1-3-5-6-18(4-2)17-30-22-11-9-21(10-12-22)29-25-13-7-19(27)15-23(25)24-16-20(28)8-14-26(24)29;1-3-5-10-20(4-2)19-28-22-17-15-21(16-18-22)27-25-13-8-6-11-23(25)24-12-7-9-14-26(24)27;1-3-5-6-12(4-2)11-16-14-9-7-13(15)8-10-14;1-9(2)10(3,4)16-13(15-9)14-17-11(5,6)12(7,8)18-14;1-3-7-11-9(5-1)10-6-2-4-8-12(10)13-11;1-3-5-6-8(4-2)7-9;7-5-1-3-6(8)4-2-5;2-1-4-3;1-2-3;;;/h7-16,18H,3-6,17H2,1-2H3;6-9,11-18,20H,3-5,10,19H2,1-2H3;7-10,12H,3-6,11H2,1-2H3;1-8H3;1-8,13H;8H,3-7H2,1-2H3;1-4,8H;1,3H;3H;;;/q;;;;;;;;;2*+1;-1/p-1. The quantitative estimate of drug-likeness (QED) is 0.00977. The molecule has 4 unspecified atom stereocenters. The molecule has 5 heterocycles. The molecule has 2 saturated heterocycles. The van der Waals surface area contributed by atoms with Gasteiger partial charge in [-0.05, 0) is 262 Å². The third-order valence-electron chi connectivity index (χ3n) is 24.2. The molecule has 693 valence electrons. The Morgan fingerprint density at radius 3 is 0.985 bits per heavy atom. The van der Waals surface area contributed by atoms with Crippen molar-refractivity contribution in [3.05, 3.63) is 248 Å². The molecule has 0 spiro atoms. The van der Waals surface area contributed by atoms with Crippen molar-refractivity contribution in [1.82, 2.24) is 14.1 Å². The van der Waals surface area contributed by atoms with E-state index in [0.717, 1.165) is 66.6 Å². The number of aromatic amines is 1. The number of benzene rings is 10. The number of hydrogen-bond donors (Lipinski definition) is 3. The average Bonchev–Trinajstić information content (AvgIpc) is 1.60. The molecule has 0 amide bonds. The average molecular weight is 2170 g/mol. The fraction of sp³-hybridized carbons (Fsp3) is 0.419. The van der Waals surface area contributed by atoms with Crippen LogP contribution in [0.2, 0.25) is 0 Å². The van der Waals surface area contributed by atoms with Gasteiger partial charge in [-0.25, -0.2) is 0 Å². The number of unbranched alkanes of at least 4 members (excludes halogenated alkanes) is 4. The summed E-state index contributed by atoms with van der Waals surface area (Å²) in [6, 6.07) is 78.9. The summed E-state index contributed by atoms with van der Waals surface area (Å²) in [7, 11) is 3.38. The van der Waals surface area contributed by atoms with Crippen LogP contribution in [0.4, 0.5) is 0 Å². The van der Waals surface area contributed by atoms with Gasteiger partial charge in [-0.15, -0.1) is 0 Å². The number of aromatic hydroxyl groups is 1. The molecule has 3 aromatic heterocycles. The number of phenols is 1. The number of para-hydroxylation sites is 4. The summed E-state index contributed by atoms with van der Waals surface area (Å²) in [4.78, 5) is 14.6. The minimum absolute atomic E-state index is 0. The van der Waals surface area contributed by atoms with Crippen LogP contribution in [0.15, 0.2) is 253 Å². The van der Waals surface area contributed by atoms with Gasteiger partial charge in [0.2, 0.25) is 0 Å². The molecule has 26 heteroatoms. The Hall–Kier alpha value is -3.91. The van der Waals surface area contributed by atoms with Crippen molar-refractivity contribution in [1.29, 1.82) is 0 Å². The van der Waals surface area contributed by atoms with Crippen LogP contribution in [0, 0.1) is 23.7 Å². The topological polar surface area (TPSA) is 172 Å². The molecule has 0 bridgehead atoms. The number of nitrogens with zero attached hydrogens (tertiary/aromatic N) is 3. The minimum Gasteiger partial charge on any atom is -1.00 e. The number of fused-ring (bicyclic) bond motifs is 9.